The van der Waals surface area contributed by atoms with Gasteiger partial charge in [-0.15, -0.1) is 0 Å². The van der Waals surface area contributed by atoms with E-state index in [4.69, 9.17) is 9.47 Å². The van der Waals surface area contributed by atoms with E-state index in [9.17, 15) is 0 Å². The third kappa shape index (κ3) is 5.04. The highest BCUT2D eigenvalue weighted by molar-refractivity contribution is 7.98. The van der Waals surface area contributed by atoms with Crippen LogP contribution in [0.15, 0.2) is 0 Å². The molecular formula is C12H25NO2S. The summed E-state index contributed by atoms with van der Waals surface area (Å²) in [5.41, 5.74) is 0.392. The van der Waals surface area contributed by atoms with E-state index in [2.05, 4.69) is 11.6 Å². The van der Waals surface area contributed by atoms with Crippen LogP contribution in [-0.2, 0) is 9.47 Å². The number of nitrogens with one attached hydrogen (secondary N) is 1. The molecule has 1 N–H and O–H groups in total. The highest BCUT2D eigenvalue weighted by Crippen LogP contribution is 2.33. The Bertz CT molecular complexity index is 172. The van der Waals surface area contributed by atoms with Crippen molar-refractivity contribution in [3.63, 3.8) is 0 Å². The number of hydrogen-bond donors (Lipinski definition) is 1. The molecule has 0 aromatic heterocycles. The summed E-state index contributed by atoms with van der Waals surface area (Å²) >= 11 is 1.93. The SMILES string of the molecule is COCCNCC1(CCCSC)CCOC1. The summed E-state index contributed by atoms with van der Waals surface area (Å²) < 4.78 is 10.6. The first kappa shape index (κ1) is 14.3. The molecule has 1 saturated heterocycles. The third-order valence-corrected chi connectivity index (χ3v) is 3.92. The van der Waals surface area contributed by atoms with Gasteiger partial charge in [-0.3, -0.25) is 0 Å². The Morgan fingerprint density at radius 2 is 2.38 bits per heavy atom. The van der Waals surface area contributed by atoms with Gasteiger partial charge in [0.1, 0.15) is 0 Å². The van der Waals surface area contributed by atoms with Gasteiger partial charge in [-0.1, -0.05) is 0 Å². The fourth-order valence-corrected chi connectivity index (χ4v) is 2.63. The zero-order valence-corrected chi connectivity index (χ0v) is 11.4. The molecule has 1 fully saturated rings. The Morgan fingerprint density at radius 1 is 1.50 bits per heavy atom. The molecule has 0 spiro atoms. The van der Waals surface area contributed by atoms with Gasteiger partial charge in [0, 0.05) is 32.2 Å². The predicted molar refractivity (Wildman–Crippen MR) is 70.2 cm³/mol. The van der Waals surface area contributed by atoms with Crippen LogP contribution in [0.4, 0.5) is 0 Å². The predicted octanol–water partition coefficient (Wildman–Crippen LogP) is 1.77. The first-order valence-electron chi connectivity index (χ1n) is 6.09. The minimum Gasteiger partial charge on any atom is -0.383 e. The standard InChI is InChI=1S/C12H25NO2S/c1-14-8-6-13-10-12(4-3-9-16-2)5-7-15-11-12/h13H,3-11H2,1-2H3. The second-order valence-corrected chi connectivity index (χ2v) is 5.55. The van der Waals surface area contributed by atoms with Crippen molar-refractivity contribution in [3.05, 3.63) is 0 Å². The number of ether oxygens (including phenoxy) is 2. The van der Waals surface area contributed by atoms with Crippen molar-refractivity contribution in [1.82, 2.24) is 5.32 Å². The molecule has 16 heavy (non-hydrogen) atoms. The Kier molecular flexibility index (Phi) is 7.45. The van der Waals surface area contributed by atoms with Crippen LogP contribution in [0.5, 0.6) is 0 Å². The van der Waals surface area contributed by atoms with E-state index in [0.29, 0.717) is 5.41 Å². The van der Waals surface area contributed by atoms with Crippen LogP contribution in [-0.4, -0.2) is 52.0 Å². The van der Waals surface area contributed by atoms with Gasteiger partial charge in [0.2, 0.25) is 0 Å². The maximum absolute atomic E-state index is 5.57. The second kappa shape index (κ2) is 8.34. The molecule has 0 aliphatic carbocycles. The van der Waals surface area contributed by atoms with E-state index in [-0.39, 0.29) is 0 Å². The van der Waals surface area contributed by atoms with Gasteiger partial charge in [-0.05, 0) is 31.3 Å². The molecule has 0 aromatic carbocycles. The summed E-state index contributed by atoms with van der Waals surface area (Å²) in [6, 6.07) is 0. The Balaban J connectivity index is 2.22. The van der Waals surface area contributed by atoms with E-state index in [0.717, 1.165) is 32.9 Å². The fraction of sp³-hybridized carbons (Fsp3) is 1.00. The number of methoxy groups -OCH3 is 1. The zero-order chi connectivity index (χ0) is 11.7. The van der Waals surface area contributed by atoms with Crippen LogP contribution in [0.3, 0.4) is 0 Å². The van der Waals surface area contributed by atoms with Gasteiger partial charge in [0.05, 0.1) is 13.2 Å². The van der Waals surface area contributed by atoms with Crippen molar-refractivity contribution >= 4 is 11.8 Å². The molecule has 1 heterocycles. The zero-order valence-electron chi connectivity index (χ0n) is 10.6. The fourth-order valence-electron chi connectivity index (χ4n) is 2.19. The van der Waals surface area contributed by atoms with Gasteiger partial charge in [0.15, 0.2) is 0 Å². The summed E-state index contributed by atoms with van der Waals surface area (Å²) in [6.07, 6.45) is 5.97. The Labute approximate surface area is 104 Å². The monoisotopic (exact) mass is 247 g/mol. The highest BCUT2D eigenvalue weighted by Gasteiger charge is 2.33. The summed E-state index contributed by atoms with van der Waals surface area (Å²) in [5, 5.41) is 3.48. The number of rotatable bonds is 9. The topological polar surface area (TPSA) is 30.5 Å². The molecule has 0 radical (unpaired) electrons. The molecule has 3 nitrogen and oxygen atoms in total. The van der Waals surface area contributed by atoms with Crippen molar-refractivity contribution in [1.29, 1.82) is 0 Å². The van der Waals surface area contributed by atoms with Crippen LogP contribution >= 0.6 is 11.8 Å². The summed E-state index contributed by atoms with van der Waals surface area (Å²) in [5.74, 6) is 1.26. The molecule has 1 rings (SSSR count). The van der Waals surface area contributed by atoms with E-state index in [1.807, 2.05) is 11.8 Å². The normalized spacial score (nSPS) is 25.1. The second-order valence-electron chi connectivity index (χ2n) is 4.57. The molecular weight excluding hydrogens is 222 g/mol. The van der Waals surface area contributed by atoms with Crippen LogP contribution in [0.2, 0.25) is 0 Å². The Hall–Kier alpha value is 0.230. The van der Waals surface area contributed by atoms with E-state index in [1.165, 1.54) is 25.0 Å². The first-order chi connectivity index (χ1) is 7.83. The summed E-state index contributed by atoms with van der Waals surface area (Å²) in [6.45, 7) is 4.68. The molecule has 1 aliphatic rings. The molecule has 96 valence electrons. The molecule has 1 atom stereocenters. The Morgan fingerprint density at radius 3 is 3.00 bits per heavy atom. The average molecular weight is 247 g/mol. The van der Waals surface area contributed by atoms with E-state index >= 15 is 0 Å². The lowest BCUT2D eigenvalue weighted by molar-refractivity contribution is 0.139. The quantitative estimate of drug-likeness (QED) is 0.629. The minimum absolute atomic E-state index is 0.392. The number of hydrogen-bond acceptors (Lipinski definition) is 4. The smallest absolute Gasteiger partial charge is 0.0587 e. The molecule has 0 aromatic rings. The van der Waals surface area contributed by atoms with Crippen molar-refractivity contribution in [2.75, 3.05) is 52.0 Å². The maximum Gasteiger partial charge on any atom is 0.0587 e. The van der Waals surface area contributed by atoms with Gasteiger partial charge in [0.25, 0.3) is 0 Å². The van der Waals surface area contributed by atoms with Crippen LogP contribution in [0.1, 0.15) is 19.3 Å². The van der Waals surface area contributed by atoms with Gasteiger partial charge in [-0.25, -0.2) is 0 Å². The lowest BCUT2D eigenvalue weighted by Gasteiger charge is -2.27. The summed E-state index contributed by atoms with van der Waals surface area (Å²) in [4.78, 5) is 0. The van der Waals surface area contributed by atoms with E-state index < -0.39 is 0 Å². The van der Waals surface area contributed by atoms with Crippen molar-refractivity contribution < 1.29 is 9.47 Å². The van der Waals surface area contributed by atoms with Crippen LogP contribution < -0.4 is 5.32 Å². The van der Waals surface area contributed by atoms with Crippen LogP contribution in [0, 0.1) is 5.41 Å². The van der Waals surface area contributed by atoms with Gasteiger partial charge < -0.3 is 14.8 Å². The molecule has 0 amide bonds. The lowest BCUT2D eigenvalue weighted by Crippen LogP contribution is -2.36. The largest absolute Gasteiger partial charge is 0.383 e. The first-order valence-corrected chi connectivity index (χ1v) is 7.49. The molecule has 4 heteroatoms. The highest BCUT2D eigenvalue weighted by atomic mass is 32.2. The van der Waals surface area contributed by atoms with Gasteiger partial charge in [-0.2, -0.15) is 11.8 Å². The molecule has 0 bridgehead atoms. The molecule has 1 aliphatic heterocycles. The molecule has 0 saturated carbocycles. The molecule has 1 unspecified atom stereocenters. The van der Waals surface area contributed by atoms with Crippen molar-refractivity contribution in [3.8, 4) is 0 Å². The van der Waals surface area contributed by atoms with Crippen LogP contribution in [0.25, 0.3) is 0 Å². The third-order valence-electron chi connectivity index (χ3n) is 3.22. The maximum atomic E-state index is 5.57. The van der Waals surface area contributed by atoms with Crippen molar-refractivity contribution in [2.24, 2.45) is 5.41 Å². The van der Waals surface area contributed by atoms with Gasteiger partial charge >= 0.3 is 0 Å². The minimum atomic E-state index is 0.392. The average Bonchev–Trinajstić information content (AvgIpc) is 2.74. The summed E-state index contributed by atoms with van der Waals surface area (Å²) in [7, 11) is 1.74. The van der Waals surface area contributed by atoms with E-state index in [1.54, 1.807) is 7.11 Å². The lowest BCUT2D eigenvalue weighted by atomic mass is 9.82. The van der Waals surface area contributed by atoms with Crippen molar-refractivity contribution in [2.45, 2.75) is 19.3 Å². The number of thioether (sulfide) groups is 1.